The topological polar surface area (TPSA) is 43.4 Å². The van der Waals surface area contributed by atoms with Crippen LogP contribution in [0.5, 0.6) is 5.88 Å². The van der Waals surface area contributed by atoms with Crippen LogP contribution in [0.4, 0.5) is 0 Å². The van der Waals surface area contributed by atoms with Crippen LogP contribution in [0.25, 0.3) is 0 Å². The average molecular weight is 329 g/mol. The molecule has 1 saturated heterocycles. The van der Waals surface area contributed by atoms with E-state index in [-0.39, 0.29) is 11.6 Å². The summed E-state index contributed by atoms with van der Waals surface area (Å²) in [5.74, 6) is 0.632. The summed E-state index contributed by atoms with van der Waals surface area (Å²) in [5, 5.41) is 3.60. The van der Waals surface area contributed by atoms with Gasteiger partial charge < -0.3 is 14.8 Å². The predicted octanol–water partition coefficient (Wildman–Crippen LogP) is 2.77. The van der Waals surface area contributed by atoms with Crippen molar-refractivity contribution in [1.29, 1.82) is 0 Å². The van der Waals surface area contributed by atoms with E-state index < -0.39 is 0 Å². The third kappa shape index (κ3) is 4.16. The molecule has 1 N–H and O–H groups in total. The SMILES string of the molecule is C[C@H]1OCC[C@H]1NC(C)(C)COc1ncccc1Br. The fraction of sp³-hybridized carbons (Fsp3) is 0.643. The molecule has 1 aromatic heterocycles. The van der Waals surface area contributed by atoms with E-state index in [9.17, 15) is 0 Å². The number of nitrogens with one attached hydrogen (secondary N) is 1. The normalized spacial score (nSPS) is 23.6. The second-order valence-corrected chi connectivity index (χ2v) is 6.43. The van der Waals surface area contributed by atoms with Crippen LogP contribution in [0.3, 0.4) is 0 Å². The molecule has 0 amide bonds. The highest BCUT2D eigenvalue weighted by Crippen LogP contribution is 2.22. The zero-order valence-electron chi connectivity index (χ0n) is 11.6. The van der Waals surface area contributed by atoms with Crippen LogP contribution in [-0.2, 0) is 4.74 Å². The van der Waals surface area contributed by atoms with Crippen molar-refractivity contribution in [3.8, 4) is 5.88 Å². The van der Waals surface area contributed by atoms with E-state index in [2.05, 4.69) is 47.0 Å². The monoisotopic (exact) mass is 328 g/mol. The molecule has 0 saturated carbocycles. The minimum atomic E-state index is -0.121. The maximum Gasteiger partial charge on any atom is 0.227 e. The molecule has 0 unspecified atom stereocenters. The summed E-state index contributed by atoms with van der Waals surface area (Å²) in [6.45, 7) is 7.77. The van der Waals surface area contributed by atoms with Crippen molar-refractivity contribution in [3.05, 3.63) is 22.8 Å². The van der Waals surface area contributed by atoms with E-state index in [4.69, 9.17) is 9.47 Å². The molecule has 0 aliphatic carbocycles. The van der Waals surface area contributed by atoms with Gasteiger partial charge in [-0.3, -0.25) is 0 Å². The summed E-state index contributed by atoms with van der Waals surface area (Å²) >= 11 is 3.43. The van der Waals surface area contributed by atoms with Crippen LogP contribution >= 0.6 is 15.9 Å². The Morgan fingerprint density at radius 3 is 3.00 bits per heavy atom. The van der Waals surface area contributed by atoms with Crippen LogP contribution in [0.15, 0.2) is 22.8 Å². The third-order valence-corrected chi connectivity index (χ3v) is 3.85. The minimum Gasteiger partial charge on any atom is -0.475 e. The number of ether oxygens (including phenoxy) is 2. The van der Waals surface area contributed by atoms with E-state index in [1.165, 1.54) is 0 Å². The zero-order valence-corrected chi connectivity index (χ0v) is 13.2. The van der Waals surface area contributed by atoms with Crippen LogP contribution in [0, 0.1) is 0 Å². The van der Waals surface area contributed by atoms with E-state index in [0.29, 0.717) is 18.5 Å². The smallest absolute Gasteiger partial charge is 0.227 e. The lowest BCUT2D eigenvalue weighted by molar-refractivity contribution is 0.0998. The van der Waals surface area contributed by atoms with Gasteiger partial charge in [0.15, 0.2) is 0 Å². The van der Waals surface area contributed by atoms with Crippen LogP contribution in [0.2, 0.25) is 0 Å². The number of aromatic nitrogens is 1. The zero-order chi connectivity index (χ0) is 13.9. The van der Waals surface area contributed by atoms with Gasteiger partial charge in [0.1, 0.15) is 6.61 Å². The second-order valence-electron chi connectivity index (χ2n) is 5.58. The van der Waals surface area contributed by atoms with Crippen LogP contribution < -0.4 is 10.1 Å². The van der Waals surface area contributed by atoms with Crippen LogP contribution in [-0.4, -0.2) is 35.9 Å². The first-order valence-corrected chi connectivity index (χ1v) is 7.40. The molecule has 106 valence electrons. The van der Waals surface area contributed by atoms with Crippen molar-refractivity contribution in [1.82, 2.24) is 10.3 Å². The summed E-state index contributed by atoms with van der Waals surface area (Å²) in [4.78, 5) is 4.21. The highest BCUT2D eigenvalue weighted by atomic mass is 79.9. The van der Waals surface area contributed by atoms with Crippen molar-refractivity contribution >= 4 is 15.9 Å². The number of halogens is 1. The molecular weight excluding hydrogens is 308 g/mol. The fourth-order valence-corrected chi connectivity index (χ4v) is 2.56. The van der Waals surface area contributed by atoms with Gasteiger partial charge >= 0.3 is 0 Å². The van der Waals surface area contributed by atoms with Gasteiger partial charge in [-0.05, 0) is 55.3 Å². The van der Waals surface area contributed by atoms with Gasteiger partial charge in [-0.25, -0.2) is 4.98 Å². The molecule has 1 fully saturated rings. The van der Waals surface area contributed by atoms with Gasteiger partial charge in [0.2, 0.25) is 5.88 Å². The van der Waals surface area contributed by atoms with Crippen molar-refractivity contribution in [2.45, 2.75) is 44.9 Å². The fourth-order valence-electron chi connectivity index (χ4n) is 2.19. The lowest BCUT2D eigenvalue weighted by Gasteiger charge is -2.31. The molecule has 0 spiro atoms. The Kier molecular flexibility index (Phi) is 4.81. The largest absolute Gasteiger partial charge is 0.475 e. The van der Waals surface area contributed by atoms with E-state index in [0.717, 1.165) is 17.5 Å². The molecular formula is C14H21BrN2O2. The lowest BCUT2D eigenvalue weighted by atomic mass is 10.0. The molecule has 1 aromatic rings. The van der Waals surface area contributed by atoms with E-state index in [1.807, 2.05) is 12.1 Å². The molecule has 2 heterocycles. The van der Waals surface area contributed by atoms with Gasteiger partial charge in [-0.1, -0.05) is 0 Å². The highest BCUT2D eigenvalue weighted by molar-refractivity contribution is 9.10. The van der Waals surface area contributed by atoms with Gasteiger partial charge in [0.05, 0.1) is 10.6 Å². The summed E-state index contributed by atoms with van der Waals surface area (Å²) in [6.07, 6.45) is 3.05. The summed E-state index contributed by atoms with van der Waals surface area (Å²) in [6, 6.07) is 4.19. The van der Waals surface area contributed by atoms with Crippen LogP contribution in [0.1, 0.15) is 27.2 Å². The summed E-state index contributed by atoms with van der Waals surface area (Å²) in [7, 11) is 0. The van der Waals surface area contributed by atoms with Crippen molar-refractivity contribution in [2.24, 2.45) is 0 Å². The Balaban J connectivity index is 1.88. The molecule has 1 aliphatic heterocycles. The first-order chi connectivity index (χ1) is 8.98. The first kappa shape index (κ1) is 14.8. The molecule has 0 radical (unpaired) electrons. The molecule has 5 heteroatoms. The quantitative estimate of drug-likeness (QED) is 0.902. The number of pyridine rings is 1. The number of nitrogens with zero attached hydrogens (tertiary/aromatic N) is 1. The summed E-state index contributed by atoms with van der Waals surface area (Å²) < 4.78 is 12.2. The molecule has 1 aliphatic rings. The number of hydrogen-bond acceptors (Lipinski definition) is 4. The molecule has 19 heavy (non-hydrogen) atoms. The standard InChI is InChI=1S/C14H21BrN2O2/c1-10-12(6-8-18-10)17-14(2,3)9-19-13-11(15)5-4-7-16-13/h4-5,7,10,12,17H,6,8-9H2,1-3H3/t10-,12-/m1/s1. The Labute approximate surface area is 123 Å². The van der Waals surface area contributed by atoms with E-state index in [1.54, 1.807) is 6.20 Å². The van der Waals surface area contributed by atoms with Gasteiger partial charge in [-0.2, -0.15) is 0 Å². The Morgan fingerprint density at radius 1 is 1.58 bits per heavy atom. The molecule has 2 rings (SSSR count). The minimum absolute atomic E-state index is 0.121. The predicted molar refractivity (Wildman–Crippen MR) is 78.5 cm³/mol. The molecule has 0 bridgehead atoms. The van der Waals surface area contributed by atoms with Crippen molar-refractivity contribution in [2.75, 3.05) is 13.2 Å². The molecule has 0 aromatic carbocycles. The average Bonchev–Trinajstić information content (AvgIpc) is 2.73. The van der Waals surface area contributed by atoms with Gasteiger partial charge in [0, 0.05) is 24.4 Å². The first-order valence-electron chi connectivity index (χ1n) is 6.60. The number of hydrogen-bond donors (Lipinski definition) is 1. The molecule has 4 nitrogen and oxygen atoms in total. The third-order valence-electron chi connectivity index (χ3n) is 3.25. The highest BCUT2D eigenvalue weighted by Gasteiger charge is 2.30. The Morgan fingerprint density at radius 2 is 2.37 bits per heavy atom. The Bertz CT molecular complexity index is 426. The maximum absolute atomic E-state index is 5.79. The summed E-state index contributed by atoms with van der Waals surface area (Å²) in [5.41, 5.74) is -0.121. The molecule has 2 atom stereocenters. The van der Waals surface area contributed by atoms with Crippen molar-refractivity contribution in [3.63, 3.8) is 0 Å². The maximum atomic E-state index is 5.79. The van der Waals surface area contributed by atoms with Crippen molar-refractivity contribution < 1.29 is 9.47 Å². The number of rotatable bonds is 5. The van der Waals surface area contributed by atoms with E-state index >= 15 is 0 Å². The van der Waals surface area contributed by atoms with Gasteiger partial charge in [0.25, 0.3) is 0 Å². The second kappa shape index (κ2) is 6.20. The van der Waals surface area contributed by atoms with Gasteiger partial charge in [-0.15, -0.1) is 0 Å². The lowest BCUT2D eigenvalue weighted by Crippen LogP contribution is -2.52. The Hall–Kier alpha value is -0.650.